The molecule has 1 rings (SSSR count). The maximum atomic E-state index is 5.99. The van der Waals surface area contributed by atoms with E-state index in [1.165, 1.54) is 17.5 Å². The van der Waals surface area contributed by atoms with Gasteiger partial charge in [-0.25, -0.2) is 0 Å². The molecule has 0 saturated heterocycles. The van der Waals surface area contributed by atoms with E-state index < -0.39 is 0 Å². The predicted octanol–water partition coefficient (Wildman–Crippen LogP) is 3.23. The number of nitrogens with zero attached hydrogens (tertiary/aromatic N) is 1. The Morgan fingerprint density at radius 3 is 2.44 bits per heavy atom. The van der Waals surface area contributed by atoms with Gasteiger partial charge in [-0.2, -0.15) is 0 Å². The van der Waals surface area contributed by atoms with Gasteiger partial charge in [0.15, 0.2) is 0 Å². The number of benzene rings is 1. The van der Waals surface area contributed by atoms with Crippen LogP contribution in [0.1, 0.15) is 44.4 Å². The second kappa shape index (κ2) is 7.55. The summed E-state index contributed by atoms with van der Waals surface area (Å²) in [5.74, 6) is 0.743. The van der Waals surface area contributed by atoms with Crippen molar-refractivity contribution in [3.8, 4) is 0 Å². The van der Waals surface area contributed by atoms with Crippen molar-refractivity contribution >= 4 is 0 Å². The molecule has 1 atom stereocenters. The molecule has 0 heterocycles. The molecule has 102 valence electrons. The van der Waals surface area contributed by atoms with Gasteiger partial charge in [0.1, 0.15) is 0 Å². The molecule has 0 bridgehead atoms. The van der Waals surface area contributed by atoms with Gasteiger partial charge in [-0.1, -0.05) is 45.0 Å². The third-order valence-electron chi connectivity index (χ3n) is 3.61. The van der Waals surface area contributed by atoms with Crippen LogP contribution >= 0.6 is 0 Å². The topological polar surface area (TPSA) is 29.3 Å². The maximum absolute atomic E-state index is 5.99. The van der Waals surface area contributed by atoms with E-state index >= 15 is 0 Å². The summed E-state index contributed by atoms with van der Waals surface area (Å²) in [6, 6.07) is 9.02. The molecule has 2 nitrogen and oxygen atoms in total. The predicted molar refractivity (Wildman–Crippen MR) is 79.7 cm³/mol. The summed E-state index contributed by atoms with van der Waals surface area (Å²) >= 11 is 0. The van der Waals surface area contributed by atoms with Gasteiger partial charge < -0.3 is 5.73 Å². The molecule has 0 aromatic heterocycles. The number of likely N-dealkylation sites (N-methyl/N-ethyl adjacent to an activating group) is 1. The molecule has 0 aliphatic rings. The van der Waals surface area contributed by atoms with Crippen LogP contribution in [0.4, 0.5) is 0 Å². The Morgan fingerprint density at radius 1 is 1.22 bits per heavy atom. The first-order valence-electron chi connectivity index (χ1n) is 7.08. The van der Waals surface area contributed by atoms with Crippen LogP contribution in [0.25, 0.3) is 0 Å². The summed E-state index contributed by atoms with van der Waals surface area (Å²) in [5.41, 5.74) is 8.81. The van der Waals surface area contributed by atoms with Crippen LogP contribution in [-0.4, -0.2) is 25.0 Å². The molecule has 0 aliphatic carbocycles. The van der Waals surface area contributed by atoms with Crippen LogP contribution in [0.5, 0.6) is 0 Å². The van der Waals surface area contributed by atoms with Gasteiger partial charge in [-0.05, 0) is 43.5 Å². The average Bonchev–Trinajstić information content (AvgIpc) is 2.37. The normalized spacial score (nSPS) is 13.3. The Hall–Kier alpha value is -0.860. The number of hydrogen-bond donors (Lipinski definition) is 1. The van der Waals surface area contributed by atoms with Gasteiger partial charge in [0.05, 0.1) is 0 Å². The van der Waals surface area contributed by atoms with E-state index in [1.807, 2.05) is 0 Å². The van der Waals surface area contributed by atoms with Crippen LogP contribution < -0.4 is 5.73 Å². The number of hydrogen-bond acceptors (Lipinski definition) is 2. The van der Waals surface area contributed by atoms with E-state index in [-0.39, 0.29) is 0 Å². The molecule has 2 heteroatoms. The molecule has 2 N–H and O–H groups in total. The second-order valence-corrected chi connectivity index (χ2v) is 5.47. The molecular formula is C16H28N2. The third kappa shape index (κ3) is 4.11. The summed E-state index contributed by atoms with van der Waals surface area (Å²) in [7, 11) is 2.19. The lowest BCUT2D eigenvalue weighted by atomic mass is 9.97. The molecule has 0 amide bonds. The van der Waals surface area contributed by atoms with Gasteiger partial charge in [0, 0.05) is 12.6 Å². The molecule has 1 aromatic rings. The Balaban J connectivity index is 2.81. The van der Waals surface area contributed by atoms with E-state index in [9.17, 15) is 0 Å². The van der Waals surface area contributed by atoms with E-state index in [1.54, 1.807) is 0 Å². The van der Waals surface area contributed by atoms with Crippen molar-refractivity contribution < 1.29 is 0 Å². The fourth-order valence-corrected chi connectivity index (χ4v) is 2.34. The minimum atomic E-state index is 0.347. The molecule has 0 spiro atoms. The minimum Gasteiger partial charge on any atom is -0.329 e. The molecule has 0 radical (unpaired) electrons. The second-order valence-electron chi connectivity index (χ2n) is 5.47. The first-order valence-corrected chi connectivity index (χ1v) is 7.08. The van der Waals surface area contributed by atoms with Crippen molar-refractivity contribution in [2.75, 3.05) is 20.1 Å². The van der Waals surface area contributed by atoms with E-state index in [4.69, 9.17) is 5.73 Å². The number of rotatable bonds is 7. The monoisotopic (exact) mass is 248 g/mol. The maximum Gasteiger partial charge on any atom is 0.0470 e. The van der Waals surface area contributed by atoms with Gasteiger partial charge in [-0.3, -0.25) is 4.90 Å². The Kier molecular flexibility index (Phi) is 6.37. The lowest BCUT2D eigenvalue weighted by molar-refractivity contribution is 0.235. The van der Waals surface area contributed by atoms with Crippen molar-refractivity contribution in [3.63, 3.8) is 0 Å². The van der Waals surface area contributed by atoms with Crippen molar-refractivity contribution in [2.24, 2.45) is 11.7 Å². The fraction of sp³-hybridized carbons (Fsp3) is 0.625. The van der Waals surface area contributed by atoms with E-state index in [2.05, 4.69) is 57.0 Å². The Morgan fingerprint density at radius 2 is 1.89 bits per heavy atom. The molecule has 0 aliphatic heterocycles. The summed E-state index contributed by atoms with van der Waals surface area (Å²) in [6.07, 6.45) is 2.30. The fourth-order valence-electron chi connectivity index (χ4n) is 2.34. The largest absolute Gasteiger partial charge is 0.329 e. The van der Waals surface area contributed by atoms with E-state index in [0.29, 0.717) is 12.6 Å². The molecule has 0 fully saturated rings. The molecule has 1 aromatic carbocycles. The smallest absolute Gasteiger partial charge is 0.0470 e. The van der Waals surface area contributed by atoms with Crippen LogP contribution in [0.3, 0.4) is 0 Å². The van der Waals surface area contributed by atoms with Crippen LogP contribution in [0.15, 0.2) is 24.3 Å². The summed E-state index contributed by atoms with van der Waals surface area (Å²) in [4.78, 5) is 2.40. The highest BCUT2D eigenvalue weighted by Gasteiger charge is 2.17. The van der Waals surface area contributed by atoms with Gasteiger partial charge in [0.25, 0.3) is 0 Å². The zero-order valence-electron chi connectivity index (χ0n) is 12.3. The number of nitrogens with two attached hydrogens (primary N) is 1. The lowest BCUT2D eigenvalue weighted by Gasteiger charge is -2.29. The van der Waals surface area contributed by atoms with E-state index in [0.717, 1.165) is 18.9 Å². The van der Waals surface area contributed by atoms with Crippen LogP contribution in [0, 0.1) is 5.92 Å². The Bertz CT molecular complexity index is 347. The highest BCUT2D eigenvalue weighted by molar-refractivity contribution is 5.30. The minimum absolute atomic E-state index is 0.347. The van der Waals surface area contributed by atoms with Crippen LogP contribution in [0.2, 0.25) is 0 Å². The zero-order chi connectivity index (χ0) is 13.5. The van der Waals surface area contributed by atoms with Gasteiger partial charge in [-0.15, -0.1) is 0 Å². The highest BCUT2D eigenvalue weighted by Crippen LogP contribution is 2.23. The molecule has 1 unspecified atom stereocenters. The van der Waals surface area contributed by atoms with Gasteiger partial charge >= 0.3 is 0 Å². The third-order valence-corrected chi connectivity index (χ3v) is 3.61. The lowest BCUT2D eigenvalue weighted by Crippen LogP contribution is -2.32. The quantitative estimate of drug-likeness (QED) is 0.802. The summed E-state index contributed by atoms with van der Waals surface area (Å²) < 4.78 is 0. The standard InChI is InChI=1S/C16H28N2/c1-5-14-8-6-7-9-15(14)16(12-17)18(4)11-10-13(2)3/h6-9,13,16H,5,10-12,17H2,1-4H3. The van der Waals surface area contributed by atoms with Crippen molar-refractivity contribution in [3.05, 3.63) is 35.4 Å². The Labute approximate surface area is 112 Å². The molecular weight excluding hydrogens is 220 g/mol. The average molecular weight is 248 g/mol. The first-order chi connectivity index (χ1) is 8.60. The summed E-state index contributed by atoms with van der Waals surface area (Å²) in [5, 5.41) is 0. The highest BCUT2D eigenvalue weighted by atomic mass is 15.1. The van der Waals surface area contributed by atoms with Crippen molar-refractivity contribution in [1.82, 2.24) is 4.90 Å². The van der Waals surface area contributed by atoms with Gasteiger partial charge in [0.2, 0.25) is 0 Å². The molecule has 0 saturated carbocycles. The van der Waals surface area contributed by atoms with Crippen molar-refractivity contribution in [2.45, 2.75) is 39.7 Å². The molecule has 18 heavy (non-hydrogen) atoms. The van der Waals surface area contributed by atoms with Crippen LogP contribution in [-0.2, 0) is 6.42 Å². The number of aryl methyl sites for hydroxylation is 1. The SMILES string of the molecule is CCc1ccccc1C(CN)N(C)CCC(C)C. The summed E-state index contributed by atoms with van der Waals surface area (Å²) in [6.45, 7) is 8.54. The zero-order valence-corrected chi connectivity index (χ0v) is 12.3. The van der Waals surface area contributed by atoms with Crippen molar-refractivity contribution in [1.29, 1.82) is 0 Å². The first kappa shape index (κ1) is 15.2.